The fraction of sp³-hybridized carbons (Fsp3) is 0.423. The van der Waals surface area contributed by atoms with E-state index in [2.05, 4.69) is 11.1 Å². The number of hydrogen-bond donors (Lipinski definition) is 0. The fourth-order valence-corrected chi connectivity index (χ4v) is 7.07. The average Bonchev–Trinajstić information content (AvgIpc) is 3.21. The quantitative estimate of drug-likeness (QED) is 0.421. The number of ether oxygens (including phenoxy) is 2. The summed E-state index contributed by atoms with van der Waals surface area (Å²) in [6.45, 7) is 6.41. The van der Waals surface area contributed by atoms with Gasteiger partial charge in [-0.15, -0.1) is 0 Å². The Balaban J connectivity index is 1.56. The highest BCUT2D eigenvalue weighted by Gasteiger charge is 2.32. The van der Waals surface area contributed by atoms with Crippen LogP contribution in [0.4, 0.5) is 0 Å². The molecule has 3 aromatic rings. The second-order valence-corrected chi connectivity index (χ2v) is 11.9. The maximum Gasteiger partial charge on any atom is 0.326 e. The topological polar surface area (TPSA) is 107 Å². The van der Waals surface area contributed by atoms with Crippen molar-refractivity contribution in [3.63, 3.8) is 0 Å². The van der Waals surface area contributed by atoms with Crippen molar-refractivity contribution in [1.29, 1.82) is 0 Å². The van der Waals surface area contributed by atoms with Crippen LogP contribution in [-0.4, -0.2) is 56.0 Å². The summed E-state index contributed by atoms with van der Waals surface area (Å²) in [6.07, 6.45) is 0.747. The average molecular weight is 546 g/mol. The van der Waals surface area contributed by atoms with E-state index in [0.717, 1.165) is 21.3 Å². The Morgan fingerprint density at radius 2 is 1.78 bits per heavy atom. The van der Waals surface area contributed by atoms with Crippen LogP contribution >= 0.6 is 11.3 Å². The number of hydrogen-bond acceptors (Lipinski definition) is 7. The molecule has 2 aromatic carbocycles. The predicted octanol–water partition coefficient (Wildman–Crippen LogP) is 3.42. The van der Waals surface area contributed by atoms with Crippen LogP contribution in [0.2, 0.25) is 0 Å². The maximum absolute atomic E-state index is 13.2. The third kappa shape index (κ3) is 5.78. The number of carbonyl (C=O) groups is 2. The molecule has 4 rings (SSSR count). The lowest BCUT2D eigenvalue weighted by Gasteiger charge is -2.29. The Bertz CT molecular complexity index is 1480. The molecule has 1 aliphatic rings. The Hall–Kier alpha value is -3.02. The number of amides is 1. The molecule has 0 bridgehead atoms. The summed E-state index contributed by atoms with van der Waals surface area (Å²) in [7, 11) is -2.14. The molecule has 1 fully saturated rings. The van der Waals surface area contributed by atoms with Crippen molar-refractivity contribution in [2.75, 3.05) is 26.8 Å². The second kappa shape index (κ2) is 11.2. The number of fused-ring (bicyclic) bond motifs is 1. The molecule has 0 atom stereocenters. The normalized spacial score (nSPS) is 15.7. The zero-order valence-electron chi connectivity index (χ0n) is 21.4. The lowest BCUT2D eigenvalue weighted by molar-refractivity contribution is -0.143. The second-order valence-electron chi connectivity index (χ2n) is 9.01. The molecule has 0 spiro atoms. The van der Waals surface area contributed by atoms with Gasteiger partial charge in [-0.1, -0.05) is 17.4 Å². The predicted molar refractivity (Wildman–Crippen MR) is 141 cm³/mol. The summed E-state index contributed by atoms with van der Waals surface area (Å²) >= 11 is 1.37. The molecule has 198 valence electrons. The van der Waals surface area contributed by atoms with Gasteiger partial charge >= 0.3 is 5.97 Å². The van der Waals surface area contributed by atoms with Crippen LogP contribution in [0.5, 0.6) is 5.75 Å². The van der Waals surface area contributed by atoms with Crippen molar-refractivity contribution >= 4 is 43.5 Å². The lowest BCUT2D eigenvalue weighted by Crippen LogP contribution is -2.40. The van der Waals surface area contributed by atoms with Gasteiger partial charge in [0.1, 0.15) is 12.3 Å². The third-order valence-electron chi connectivity index (χ3n) is 6.41. The first kappa shape index (κ1) is 27.0. The number of thiazole rings is 1. The molecule has 0 radical (unpaired) electrons. The van der Waals surface area contributed by atoms with Crippen LogP contribution in [0, 0.1) is 19.8 Å². The van der Waals surface area contributed by atoms with Gasteiger partial charge in [0.25, 0.3) is 5.91 Å². The first-order valence-corrected chi connectivity index (χ1v) is 14.4. The van der Waals surface area contributed by atoms with Crippen molar-refractivity contribution < 1.29 is 27.5 Å². The number of aromatic nitrogens is 1. The molecule has 0 saturated carbocycles. The van der Waals surface area contributed by atoms with Gasteiger partial charge in [-0.3, -0.25) is 9.59 Å². The van der Waals surface area contributed by atoms with E-state index in [4.69, 9.17) is 9.47 Å². The molecule has 11 heteroatoms. The highest BCUT2D eigenvalue weighted by atomic mass is 32.2. The molecule has 0 N–H and O–H groups in total. The Kier molecular flexibility index (Phi) is 8.15. The van der Waals surface area contributed by atoms with E-state index in [-0.39, 0.29) is 37.0 Å². The van der Waals surface area contributed by atoms with Gasteiger partial charge in [-0.25, -0.2) is 8.42 Å². The zero-order chi connectivity index (χ0) is 26.7. The van der Waals surface area contributed by atoms with Gasteiger partial charge in [0.05, 0.1) is 28.8 Å². The molecule has 1 saturated heterocycles. The van der Waals surface area contributed by atoms with E-state index in [1.165, 1.54) is 34.9 Å². The third-order valence-corrected chi connectivity index (χ3v) is 9.56. The number of esters is 1. The SMILES string of the molecule is CCOC(=O)Cn1c(=NC(=O)C2CCN(S(=O)(=O)c3ccc(OC)cc3)CC2)sc2c(C)cc(C)cc21. The van der Waals surface area contributed by atoms with Crippen molar-refractivity contribution in [3.8, 4) is 5.75 Å². The largest absolute Gasteiger partial charge is 0.497 e. The summed E-state index contributed by atoms with van der Waals surface area (Å²) in [6, 6.07) is 10.3. The molecule has 0 aliphatic carbocycles. The van der Waals surface area contributed by atoms with E-state index in [1.807, 2.05) is 19.9 Å². The van der Waals surface area contributed by atoms with E-state index < -0.39 is 21.9 Å². The van der Waals surface area contributed by atoms with Gasteiger partial charge in [0.2, 0.25) is 10.0 Å². The fourth-order valence-electron chi connectivity index (χ4n) is 4.51. The molecule has 1 aromatic heterocycles. The minimum Gasteiger partial charge on any atom is -0.497 e. The van der Waals surface area contributed by atoms with Crippen molar-refractivity contribution in [2.45, 2.75) is 45.1 Å². The number of aryl methyl sites for hydroxylation is 2. The molecule has 2 heterocycles. The van der Waals surface area contributed by atoms with Crippen LogP contribution in [-0.2, 0) is 30.9 Å². The highest BCUT2D eigenvalue weighted by Crippen LogP contribution is 2.27. The van der Waals surface area contributed by atoms with Gasteiger partial charge in [0.15, 0.2) is 4.80 Å². The van der Waals surface area contributed by atoms with Gasteiger partial charge in [-0.2, -0.15) is 9.30 Å². The lowest BCUT2D eigenvalue weighted by atomic mass is 9.98. The van der Waals surface area contributed by atoms with Crippen molar-refractivity contribution in [1.82, 2.24) is 8.87 Å². The number of carbonyl (C=O) groups excluding carboxylic acids is 2. The maximum atomic E-state index is 13.2. The van der Waals surface area contributed by atoms with E-state index >= 15 is 0 Å². The number of methoxy groups -OCH3 is 1. The summed E-state index contributed by atoms with van der Waals surface area (Å²) in [5, 5.41) is 0. The molecule has 37 heavy (non-hydrogen) atoms. The minimum atomic E-state index is -3.66. The van der Waals surface area contributed by atoms with Gasteiger partial charge in [-0.05, 0) is 75.1 Å². The van der Waals surface area contributed by atoms with E-state index in [1.54, 1.807) is 23.6 Å². The van der Waals surface area contributed by atoms with Gasteiger partial charge < -0.3 is 14.0 Å². The Labute approximate surface area is 220 Å². The number of piperidine rings is 1. The number of nitrogens with zero attached hydrogens (tertiary/aromatic N) is 3. The van der Waals surface area contributed by atoms with Crippen LogP contribution in [0.25, 0.3) is 10.2 Å². The number of benzene rings is 2. The minimum absolute atomic E-state index is 0.0403. The summed E-state index contributed by atoms with van der Waals surface area (Å²) in [5.41, 5.74) is 2.93. The smallest absolute Gasteiger partial charge is 0.326 e. The van der Waals surface area contributed by atoms with Crippen molar-refractivity contribution in [3.05, 3.63) is 52.3 Å². The standard InChI is InChI=1S/C26H31N3O6S2/c1-5-35-23(30)16-29-22-15-17(2)14-18(3)24(22)36-26(29)27-25(31)19-10-12-28(13-11-19)37(32,33)21-8-6-20(34-4)7-9-21/h6-9,14-15,19H,5,10-13,16H2,1-4H3. The summed E-state index contributed by atoms with van der Waals surface area (Å²) in [5.74, 6) is -0.518. The number of sulfonamides is 1. The Morgan fingerprint density at radius 1 is 1.11 bits per heavy atom. The first-order valence-electron chi connectivity index (χ1n) is 12.1. The monoisotopic (exact) mass is 545 g/mol. The zero-order valence-corrected chi connectivity index (χ0v) is 23.0. The number of rotatable bonds is 7. The van der Waals surface area contributed by atoms with Crippen LogP contribution in [0.1, 0.15) is 30.9 Å². The van der Waals surface area contributed by atoms with Crippen LogP contribution in [0.15, 0.2) is 46.3 Å². The van der Waals surface area contributed by atoms with E-state index in [0.29, 0.717) is 23.4 Å². The molecular weight excluding hydrogens is 514 g/mol. The van der Waals surface area contributed by atoms with Crippen LogP contribution < -0.4 is 9.54 Å². The first-order chi connectivity index (χ1) is 17.6. The summed E-state index contributed by atoms with van der Waals surface area (Å²) < 4.78 is 40.4. The molecule has 0 unspecified atom stereocenters. The van der Waals surface area contributed by atoms with Crippen LogP contribution in [0.3, 0.4) is 0 Å². The summed E-state index contributed by atoms with van der Waals surface area (Å²) in [4.78, 5) is 30.6. The van der Waals surface area contributed by atoms with Gasteiger partial charge in [0, 0.05) is 19.0 Å². The molecule has 1 amide bonds. The highest BCUT2D eigenvalue weighted by molar-refractivity contribution is 7.89. The van der Waals surface area contributed by atoms with Crippen molar-refractivity contribution in [2.24, 2.45) is 10.9 Å². The molecule has 1 aliphatic heterocycles. The molecular formula is C26H31N3O6S2. The van der Waals surface area contributed by atoms with E-state index in [9.17, 15) is 18.0 Å². The Morgan fingerprint density at radius 3 is 2.41 bits per heavy atom. The molecule has 9 nitrogen and oxygen atoms in total.